The lowest BCUT2D eigenvalue weighted by molar-refractivity contribution is -0.316. The molecule has 0 bridgehead atoms. The van der Waals surface area contributed by atoms with Crippen molar-refractivity contribution in [3.05, 3.63) is 11.5 Å². The maximum atomic E-state index is 11.1. The molecule has 82 valence electrons. The highest BCUT2D eigenvalue weighted by Crippen LogP contribution is 2.31. The van der Waals surface area contributed by atoms with Gasteiger partial charge in [-0.1, -0.05) is 11.5 Å². The van der Waals surface area contributed by atoms with E-state index in [9.17, 15) is 19.8 Å². The van der Waals surface area contributed by atoms with Gasteiger partial charge in [0.1, 0.15) is 0 Å². The van der Waals surface area contributed by atoms with Gasteiger partial charge >= 0.3 is 11.9 Å². The smallest absolute Gasteiger partial charge is 0.373 e. The number of furan rings is 1. The van der Waals surface area contributed by atoms with Crippen LogP contribution in [0, 0.1) is 0 Å². The molecule has 7 nitrogen and oxygen atoms in total. The minimum absolute atomic E-state index is 0.831. The Kier molecular flexibility index (Phi) is 2.84. The molecule has 0 aliphatic rings. The van der Waals surface area contributed by atoms with Gasteiger partial charge in [0.2, 0.25) is 11.5 Å². The summed E-state index contributed by atoms with van der Waals surface area (Å²) in [5.74, 6) is -6.34. The number of hydrogen-bond donors (Lipinski definition) is 0. The van der Waals surface area contributed by atoms with Crippen LogP contribution >= 0.6 is 0 Å². The molecule has 15 heavy (non-hydrogen) atoms. The first-order chi connectivity index (χ1) is 7.02. The summed E-state index contributed by atoms with van der Waals surface area (Å²) >= 11 is 0. The molecule has 0 unspecified atom stereocenters. The SMILES string of the molecule is COC(=O)c1oc(C(=O)OC)c([O-])c1[O-]. The predicted molar refractivity (Wildman–Crippen MR) is 40.3 cm³/mol. The molecule has 0 aliphatic carbocycles. The summed E-state index contributed by atoms with van der Waals surface area (Å²) < 4.78 is 12.8. The Labute approximate surface area is 83.8 Å². The van der Waals surface area contributed by atoms with Gasteiger partial charge in [0.15, 0.2) is 0 Å². The molecule has 0 radical (unpaired) electrons. The van der Waals surface area contributed by atoms with Crippen LogP contribution in [0.1, 0.15) is 21.1 Å². The average molecular weight is 214 g/mol. The quantitative estimate of drug-likeness (QED) is 0.580. The monoisotopic (exact) mass is 214 g/mol. The normalized spacial score (nSPS) is 9.73. The highest BCUT2D eigenvalue weighted by Gasteiger charge is 2.19. The van der Waals surface area contributed by atoms with E-state index < -0.39 is 35.0 Å². The van der Waals surface area contributed by atoms with Gasteiger partial charge in [0.05, 0.1) is 14.2 Å². The summed E-state index contributed by atoms with van der Waals surface area (Å²) in [6.07, 6.45) is 0. The molecule has 0 N–H and O–H groups in total. The van der Waals surface area contributed by atoms with E-state index in [1.54, 1.807) is 0 Å². The third-order valence-electron chi connectivity index (χ3n) is 1.56. The van der Waals surface area contributed by atoms with Crippen molar-refractivity contribution in [3.8, 4) is 11.5 Å². The number of methoxy groups -OCH3 is 2. The van der Waals surface area contributed by atoms with Crippen molar-refractivity contribution >= 4 is 11.9 Å². The summed E-state index contributed by atoms with van der Waals surface area (Å²) in [5.41, 5.74) is 0. The fraction of sp³-hybridized carbons (Fsp3) is 0.250. The van der Waals surface area contributed by atoms with Gasteiger partial charge in [0, 0.05) is 0 Å². The maximum absolute atomic E-state index is 11.1. The lowest BCUT2D eigenvalue weighted by Crippen LogP contribution is -2.06. The second-order valence-electron chi connectivity index (χ2n) is 2.40. The zero-order chi connectivity index (χ0) is 11.6. The molecule has 1 aromatic heterocycles. The predicted octanol–water partition coefficient (Wildman–Crippen LogP) is -1.00. The number of ether oxygens (including phenoxy) is 2. The molecule has 0 saturated carbocycles. The van der Waals surface area contributed by atoms with Crippen molar-refractivity contribution in [1.82, 2.24) is 0 Å². The van der Waals surface area contributed by atoms with Crippen molar-refractivity contribution in [3.63, 3.8) is 0 Å². The van der Waals surface area contributed by atoms with Crippen LogP contribution in [0.5, 0.6) is 11.5 Å². The molecule has 1 heterocycles. The third kappa shape index (κ3) is 1.71. The molecule has 0 aromatic carbocycles. The van der Waals surface area contributed by atoms with Crippen molar-refractivity contribution in [2.75, 3.05) is 14.2 Å². The first kappa shape index (κ1) is 10.9. The number of carbonyl (C=O) groups excluding carboxylic acids is 2. The first-order valence-corrected chi connectivity index (χ1v) is 3.70. The van der Waals surface area contributed by atoms with Gasteiger partial charge in [-0.15, -0.1) is 0 Å². The Morgan fingerprint density at radius 3 is 1.60 bits per heavy atom. The molecule has 0 amide bonds. The molecule has 0 atom stereocenters. The number of carbonyl (C=O) groups is 2. The first-order valence-electron chi connectivity index (χ1n) is 3.70. The summed E-state index contributed by atoms with van der Waals surface area (Å²) in [4.78, 5) is 21.8. The largest absolute Gasteiger partial charge is 0.870 e. The van der Waals surface area contributed by atoms with Gasteiger partial charge in [-0.2, -0.15) is 0 Å². The molecule has 7 heteroatoms. The lowest BCUT2D eigenvalue weighted by Gasteiger charge is -2.11. The minimum atomic E-state index is -1.22. The minimum Gasteiger partial charge on any atom is -0.870 e. The van der Waals surface area contributed by atoms with E-state index in [-0.39, 0.29) is 0 Å². The van der Waals surface area contributed by atoms with Crippen molar-refractivity contribution < 1.29 is 33.7 Å². The van der Waals surface area contributed by atoms with E-state index in [0.717, 1.165) is 14.2 Å². The van der Waals surface area contributed by atoms with E-state index in [1.165, 1.54) is 0 Å². The summed E-state index contributed by atoms with van der Waals surface area (Å²) in [6.45, 7) is 0. The van der Waals surface area contributed by atoms with Crippen LogP contribution in [-0.2, 0) is 9.47 Å². The molecule has 0 saturated heterocycles. The van der Waals surface area contributed by atoms with Crippen LogP contribution in [0.3, 0.4) is 0 Å². The fourth-order valence-corrected chi connectivity index (χ4v) is 0.855. The second kappa shape index (κ2) is 3.91. The van der Waals surface area contributed by atoms with E-state index in [0.29, 0.717) is 0 Å². The summed E-state index contributed by atoms with van der Waals surface area (Å²) in [7, 11) is 2.01. The molecular weight excluding hydrogens is 208 g/mol. The van der Waals surface area contributed by atoms with Gasteiger partial charge < -0.3 is 24.1 Å². The summed E-state index contributed by atoms with van der Waals surface area (Å²) in [5, 5.41) is 22.2. The van der Waals surface area contributed by atoms with Crippen LogP contribution in [-0.4, -0.2) is 26.2 Å². The highest BCUT2D eigenvalue weighted by atomic mass is 16.6. The van der Waals surface area contributed by atoms with Gasteiger partial charge in [0.25, 0.3) is 0 Å². The zero-order valence-corrected chi connectivity index (χ0v) is 7.86. The molecule has 0 spiro atoms. The Bertz CT molecular complexity index is 367. The highest BCUT2D eigenvalue weighted by molar-refractivity contribution is 5.96. The molecular formula is C8H6O7-2. The zero-order valence-electron chi connectivity index (χ0n) is 7.86. The Morgan fingerprint density at radius 2 is 1.33 bits per heavy atom. The van der Waals surface area contributed by atoms with Crippen LogP contribution in [0.25, 0.3) is 0 Å². The van der Waals surface area contributed by atoms with Crippen molar-refractivity contribution in [2.45, 2.75) is 0 Å². The van der Waals surface area contributed by atoms with Crippen LogP contribution in [0.15, 0.2) is 4.42 Å². The van der Waals surface area contributed by atoms with E-state index >= 15 is 0 Å². The van der Waals surface area contributed by atoms with E-state index in [4.69, 9.17) is 0 Å². The van der Waals surface area contributed by atoms with E-state index in [1.807, 2.05) is 0 Å². The van der Waals surface area contributed by atoms with Gasteiger partial charge in [-0.05, 0) is 0 Å². The number of esters is 2. The standard InChI is InChI=1S/C8H8O7/c1-13-7(11)5-3(9)4(10)6(15-5)8(12)14-2/h9-10H,1-2H3/p-2. The lowest BCUT2D eigenvalue weighted by atomic mass is 10.3. The Morgan fingerprint density at radius 1 is 1.00 bits per heavy atom. The van der Waals surface area contributed by atoms with Crippen molar-refractivity contribution in [1.29, 1.82) is 0 Å². The number of rotatable bonds is 2. The molecule has 0 aliphatic heterocycles. The van der Waals surface area contributed by atoms with Crippen LogP contribution in [0.2, 0.25) is 0 Å². The van der Waals surface area contributed by atoms with Gasteiger partial charge in [-0.25, -0.2) is 9.59 Å². The fourth-order valence-electron chi connectivity index (χ4n) is 0.855. The Hall–Kier alpha value is -2.18. The summed E-state index contributed by atoms with van der Waals surface area (Å²) in [6, 6.07) is 0. The van der Waals surface area contributed by atoms with Crippen LogP contribution < -0.4 is 10.2 Å². The van der Waals surface area contributed by atoms with E-state index in [2.05, 4.69) is 13.9 Å². The maximum Gasteiger partial charge on any atom is 0.373 e. The molecule has 0 fully saturated rings. The molecule has 1 rings (SSSR count). The second-order valence-corrected chi connectivity index (χ2v) is 2.40. The molecule has 1 aromatic rings. The number of hydrogen-bond acceptors (Lipinski definition) is 7. The third-order valence-corrected chi connectivity index (χ3v) is 1.56. The van der Waals surface area contributed by atoms with Crippen LogP contribution in [0.4, 0.5) is 0 Å². The van der Waals surface area contributed by atoms with Crippen molar-refractivity contribution in [2.24, 2.45) is 0 Å². The average Bonchev–Trinajstić information content (AvgIpc) is 2.54. The topological polar surface area (TPSA) is 112 Å². The Balaban J connectivity index is 3.24. The van der Waals surface area contributed by atoms with Gasteiger partial charge in [-0.3, -0.25) is 0 Å².